The molecule has 6 nitrogen and oxygen atoms in total. The Morgan fingerprint density at radius 2 is 0.454 bits per heavy atom. The fourth-order valence-corrected chi connectivity index (χ4v) is 16.1. The van der Waals surface area contributed by atoms with E-state index in [4.69, 9.17) is 28.9 Å². The first-order valence-electron chi connectivity index (χ1n) is 42.7. The average Bonchev–Trinajstić information content (AvgIpc) is 1.64. The monoisotopic (exact) mass is 1480 g/mol. The molecule has 108 heavy (non-hydrogen) atoms. The molecule has 7 aromatic rings. The van der Waals surface area contributed by atoms with Crippen LogP contribution in [0.1, 0.15) is 352 Å². The van der Waals surface area contributed by atoms with Crippen molar-refractivity contribution >= 4 is 53.6 Å². The Morgan fingerprint density at radius 1 is 0.241 bits per heavy atom. The molecule has 0 saturated heterocycles. The second-order valence-electron chi connectivity index (χ2n) is 29.8. The summed E-state index contributed by atoms with van der Waals surface area (Å²) < 4.78 is 29.1. The molecule has 8 heteroatoms. The molecule has 2 aliphatic heterocycles. The van der Waals surface area contributed by atoms with Crippen molar-refractivity contribution in [3.05, 3.63) is 189 Å². The average molecular weight is 1480 g/mol. The lowest BCUT2D eigenvalue weighted by Crippen LogP contribution is -1.97. The lowest BCUT2D eigenvalue weighted by Gasteiger charge is -2.06. The van der Waals surface area contributed by atoms with Crippen LogP contribution in [0.3, 0.4) is 0 Å². The zero-order valence-electron chi connectivity index (χ0n) is 66.6. The van der Waals surface area contributed by atoms with Crippen LogP contribution in [0.25, 0.3) is 31.0 Å². The lowest BCUT2D eigenvalue weighted by atomic mass is 10.1. The predicted molar refractivity (Wildman–Crippen MR) is 463 cm³/mol. The molecule has 3 aromatic heterocycles. The molecule has 572 valence electrons. The van der Waals surface area contributed by atoms with E-state index in [0.717, 1.165) is 161 Å². The van der Waals surface area contributed by atoms with Gasteiger partial charge in [-0.25, -0.2) is 4.98 Å². The molecule has 2 aliphatic rings. The number of hydrogen-bond donors (Lipinski definition) is 0. The van der Waals surface area contributed by atoms with Crippen molar-refractivity contribution in [1.82, 2.24) is 9.97 Å². The zero-order valence-corrected chi connectivity index (χ0v) is 68.2. The maximum atomic E-state index is 6.27. The van der Waals surface area contributed by atoms with Gasteiger partial charge < -0.3 is 18.9 Å². The van der Waals surface area contributed by atoms with E-state index < -0.39 is 0 Å². The Kier molecular flexibility index (Phi) is 40.0. The van der Waals surface area contributed by atoms with Gasteiger partial charge in [0.1, 0.15) is 23.0 Å². The van der Waals surface area contributed by atoms with Crippen LogP contribution in [0.5, 0.6) is 23.0 Å². The fourth-order valence-electron chi connectivity index (χ4n) is 14.0. The van der Waals surface area contributed by atoms with Gasteiger partial charge in [-0.15, -0.1) is 22.7 Å². The van der Waals surface area contributed by atoms with Gasteiger partial charge in [-0.2, -0.15) is 0 Å². The zero-order chi connectivity index (χ0) is 74.9. The summed E-state index contributed by atoms with van der Waals surface area (Å²) in [5.74, 6) is 32.5. The Morgan fingerprint density at radius 3 is 0.694 bits per heavy atom. The molecule has 0 unspecified atom stereocenters. The Hall–Kier alpha value is -7.98. The Bertz CT molecular complexity index is 3940. The molecular weight excluding hydrogens is 1360 g/mol. The molecule has 0 aliphatic carbocycles. The number of rotatable bonds is 48. The van der Waals surface area contributed by atoms with Crippen molar-refractivity contribution in [2.75, 3.05) is 26.4 Å². The fraction of sp³-hybridized carbons (Fsp3) is 0.500. The van der Waals surface area contributed by atoms with Crippen LogP contribution in [0.2, 0.25) is 0 Å². The van der Waals surface area contributed by atoms with E-state index in [9.17, 15) is 0 Å². The molecule has 0 fully saturated rings. The van der Waals surface area contributed by atoms with Gasteiger partial charge in [0.15, 0.2) is 0 Å². The van der Waals surface area contributed by atoms with Crippen molar-refractivity contribution in [1.29, 1.82) is 0 Å². The molecule has 0 amide bonds. The Balaban J connectivity index is 1.03. The van der Waals surface area contributed by atoms with Crippen LogP contribution in [0.4, 0.5) is 0 Å². The summed E-state index contributed by atoms with van der Waals surface area (Å²) in [6, 6.07) is 41.8. The van der Waals surface area contributed by atoms with E-state index in [2.05, 4.69) is 209 Å². The highest BCUT2D eigenvalue weighted by Crippen LogP contribution is 2.34. The van der Waals surface area contributed by atoms with Gasteiger partial charge in [-0.3, -0.25) is 4.98 Å². The predicted octanol–water partition coefficient (Wildman–Crippen LogP) is 28.5. The van der Waals surface area contributed by atoms with Crippen LogP contribution < -0.4 is 18.9 Å². The van der Waals surface area contributed by atoms with E-state index in [1.165, 1.54) is 231 Å². The second kappa shape index (κ2) is 51.4. The minimum absolute atomic E-state index is 0.710. The maximum absolute atomic E-state index is 6.27. The molecule has 0 saturated carbocycles. The first-order chi connectivity index (χ1) is 53.5. The number of aromatic nitrogens is 2. The van der Waals surface area contributed by atoms with E-state index in [-0.39, 0.29) is 0 Å². The molecule has 0 atom stereocenters. The number of unbranched alkanes of at least 4 members (excludes halogenated alkanes) is 36. The summed E-state index contributed by atoms with van der Waals surface area (Å²) in [5, 5.41) is 0. The maximum Gasteiger partial charge on any atom is 0.119 e. The van der Waals surface area contributed by atoms with Crippen molar-refractivity contribution < 1.29 is 18.9 Å². The third-order valence-electron chi connectivity index (χ3n) is 20.6. The largest absolute Gasteiger partial charge is 0.494 e. The molecule has 0 radical (unpaired) electrons. The summed E-state index contributed by atoms with van der Waals surface area (Å²) in [6.45, 7) is 12.0. The van der Waals surface area contributed by atoms with Gasteiger partial charge in [-0.1, -0.05) is 306 Å². The van der Waals surface area contributed by atoms with Gasteiger partial charge in [0.25, 0.3) is 0 Å². The van der Waals surface area contributed by atoms with Crippen molar-refractivity contribution in [3.8, 4) is 70.4 Å². The van der Waals surface area contributed by atoms with Gasteiger partial charge >= 0.3 is 0 Å². The van der Waals surface area contributed by atoms with Crippen LogP contribution in [0, 0.1) is 47.4 Å². The highest BCUT2D eigenvalue weighted by Gasteiger charge is 2.19. The lowest BCUT2D eigenvalue weighted by molar-refractivity contribution is 0.304. The quantitative estimate of drug-likeness (QED) is 0.0280. The van der Waals surface area contributed by atoms with Crippen LogP contribution >= 0.6 is 22.7 Å². The number of fused-ring (bicyclic) bond motifs is 8. The first kappa shape index (κ1) is 84.0. The van der Waals surface area contributed by atoms with Gasteiger partial charge in [0.05, 0.1) is 71.5 Å². The number of hydrogen-bond acceptors (Lipinski definition) is 8. The molecular formula is C100H126N2O4S2. The van der Waals surface area contributed by atoms with Crippen molar-refractivity contribution in [3.63, 3.8) is 0 Å². The first-order valence-corrected chi connectivity index (χ1v) is 44.4. The third-order valence-corrected chi connectivity index (χ3v) is 22.8. The van der Waals surface area contributed by atoms with Crippen molar-refractivity contribution in [2.24, 2.45) is 0 Å². The summed E-state index contributed by atoms with van der Waals surface area (Å²) in [7, 11) is 0. The minimum atomic E-state index is 0.710. The van der Waals surface area contributed by atoms with E-state index in [0.29, 0.717) is 12.8 Å². The molecule has 5 heterocycles. The number of aryl methyl sites for hydroxylation is 2. The van der Waals surface area contributed by atoms with Gasteiger partial charge in [0, 0.05) is 41.1 Å². The topological polar surface area (TPSA) is 62.7 Å². The summed E-state index contributed by atoms with van der Waals surface area (Å²) >= 11 is 3.37. The second-order valence-corrected chi connectivity index (χ2v) is 31.9. The Labute approximate surface area is 660 Å². The van der Waals surface area contributed by atoms with Crippen molar-refractivity contribution in [2.45, 2.75) is 297 Å². The normalized spacial score (nSPS) is 11.4. The van der Waals surface area contributed by atoms with Gasteiger partial charge in [0.2, 0.25) is 0 Å². The number of nitrogens with zero attached hydrogens (tertiary/aromatic N) is 2. The SMILES string of the molecule is CCCCCCCCCCCCOc1ccc(C#Cc2c3nc(c(C#Cc4ccc(OCCCCCCCCCCCC)cc4)c4ccc(s4)c(C#Cc4ccc(OCCCCCCCCCCCC)cc4)c4nc(c(C#Cc5ccc(OCCCCCCCCCCCC)cc5)c5ccc2s5)CC4)C=C3)cc1. The van der Waals surface area contributed by atoms with Crippen LogP contribution in [-0.4, -0.2) is 36.4 Å². The smallest absolute Gasteiger partial charge is 0.119 e. The van der Waals surface area contributed by atoms with E-state index in [1.807, 2.05) is 0 Å². The summed E-state index contributed by atoms with van der Waals surface area (Å²) in [5.41, 5.74) is 10.5. The molecule has 0 spiro atoms. The van der Waals surface area contributed by atoms with Gasteiger partial charge in [-0.05, 0) is 172 Å². The standard InChI is InChI=1S/C100H126N2O4S2/c1-5-9-13-17-21-25-29-33-37-41-77-103-85-57-45-81(46-58-85)53-65-89-93-69-70-94(101-93)90(66-54-82-47-59-86(60-48-82)104-78-42-38-34-30-26-22-18-14-10-6-2)99-75-76-100(108-99)92(68-56-84-51-63-88(64-52-84)106-80-44-40-36-32-28-24-20-16-12-8-4)96-72-71-95(102-96)91(98-74-73-97(89)107-98)67-55-83-49-61-87(62-50-83)105-79-43-39-35-31-27-23-19-15-11-7-3/h45-52,57-64,69-70,73-76H,5-44,71-72,77-80H2,1-4H3. The molecule has 4 aromatic carbocycles. The van der Waals surface area contributed by atoms with E-state index >= 15 is 0 Å². The molecule has 8 bridgehead atoms. The number of thiophene rings is 2. The number of ether oxygens (including phenoxy) is 4. The third kappa shape index (κ3) is 31.2. The van der Waals surface area contributed by atoms with Crippen LogP contribution in [-0.2, 0) is 12.8 Å². The highest BCUT2D eigenvalue weighted by atomic mass is 32.1. The van der Waals surface area contributed by atoms with E-state index in [1.54, 1.807) is 22.7 Å². The number of benzene rings is 4. The minimum Gasteiger partial charge on any atom is -0.494 e. The summed E-state index contributed by atoms with van der Waals surface area (Å²) in [4.78, 5) is 11.1. The molecule has 9 rings (SSSR count). The molecule has 0 N–H and O–H groups in total. The summed E-state index contributed by atoms with van der Waals surface area (Å²) in [6.07, 6.45) is 57.6. The van der Waals surface area contributed by atoms with Crippen LogP contribution in [0.15, 0.2) is 121 Å². The highest BCUT2D eigenvalue weighted by molar-refractivity contribution is 7.24.